The molecule has 0 aliphatic heterocycles. The molecule has 0 aliphatic rings. The predicted octanol–water partition coefficient (Wildman–Crippen LogP) is 3.80. The maximum atomic E-state index is 6.04. The molecule has 14 heavy (non-hydrogen) atoms. The summed E-state index contributed by atoms with van der Waals surface area (Å²) in [5.74, 6) is 0. The normalized spacial score (nSPS) is 13.1. The third-order valence-electron chi connectivity index (χ3n) is 2.40. The number of hydrogen-bond donors (Lipinski definition) is 0. The van der Waals surface area contributed by atoms with Crippen LogP contribution in [0.3, 0.4) is 0 Å². The molecule has 1 atom stereocenters. The molecule has 0 fully saturated rings. The Morgan fingerprint density at radius 1 is 1.14 bits per heavy atom. The van der Waals surface area contributed by atoms with Crippen molar-refractivity contribution in [1.29, 1.82) is 0 Å². The molecule has 0 saturated carbocycles. The maximum Gasteiger partial charge on any atom is 0.211 e. The fraction of sp³-hybridized carbons (Fsp3) is 0.500. The van der Waals surface area contributed by atoms with E-state index in [4.69, 9.17) is 4.43 Å². The zero-order valence-corrected chi connectivity index (χ0v) is 10.3. The van der Waals surface area contributed by atoms with E-state index in [1.165, 1.54) is 17.7 Å². The van der Waals surface area contributed by atoms with E-state index in [1.54, 1.807) is 0 Å². The van der Waals surface area contributed by atoms with E-state index >= 15 is 0 Å². The van der Waals surface area contributed by atoms with Gasteiger partial charge in [-0.1, -0.05) is 44.2 Å². The standard InChI is InChI=1S/C12H19OSi/c1-4-14(5-2)13-11(3)12-9-7-6-8-10-12/h6-11H,4-5H2,1-3H3. The highest BCUT2D eigenvalue weighted by molar-refractivity contribution is 6.51. The summed E-state index contributed by atoms with van der Waals surface area (Å²) in [5.41, 5.74) is 1.29. The van der Waals surface area contributed by atoms with E-state index in [0.717, 1.165) is 0 Å². The Hall–Kier alpha value is -0.603. The Kier molecular flexibility index (Phi) is 4.91. The Balaban J connectivity index is 2.54. The van der Waals surface area contributed by atoms with Crippen LogP contribution in [0.25, 0.3) is 0 Å². The Morgan fingerprint density at radius 2 is 1.71 bits per heavy atom. The van der Waals surface area contributed by atoms with Crippen LogP contribution in [0, 0.1) is 0 Å². The van der Waals surface area contributed by atoms with Crippen LogP contribution in [0.5, 0.6) is 0 Å². The van der Waals surface area contributed by atoms with Crippen LogP contribution in [0.2, 0.25) is 12.1 Å². The van der Waals surface area contributed by atoms with Crippen molar-refractivity contribution in [2.45, 2.75) is 39.0 Å². The quantitative estimate of drug-likeness (QED) is 0.667. The first-order valence-electron chi connectivity index (χ1n) is 5.34. The van der Waals surface area contributed by atoms with Crippen molar-refractivity contribution in [1.82, 2.24) is 0 Å². The molecule has 0 N–H and O–H groups in total. The second-order valence-corrected chi connectivity index (χ2v) is 6.14. The smallest absolute Gasteiger partial charge is 0.211 e. The van der Waals surface area contributed by atoms with Gasteiger partial charge in [0, 0.05) is 0 Å². The Labute approximate surface area is 88.8 Å². The lowest BCUT2D eigenvalue weighted by molar-refractivity contribution is 0.226. The summed E-state index contributed by atoms with van der Waals surface area (Å²) in [7, 11) is -0.570. The molecule has 0 aromatic heterocycles. The molecule has 1 radical (unpaired) electrons. The molecule has 77 valence electrons. The third-order valence-corrected chi connectivity index (χ3v) is 4.67. The van der Waals surface area contributed by atoms with Gasteiger partial charge in [0.1, 0.15) is 0 Å². The highest BCUT2D eigenvalue weighted by atomic mass is 28.3. The topological polar surface area (TPSA) is 9.23 Å². The van der Waals surface area contributed by atoms with E-state index in [9.17, 15) is 0 Å². The molecule has 0 spiro atoms. The van der Waals surface area contributed by atoms with Gasteiger partial charge >= 0.3 is 0 Å². The van der Waals surface area contributed by atoms with Gasteiger partial charge < -0.3 is 4.43 Å². The van der Waals surface area contributed by atoms with Gasteiger partial charge in [-0.15, -0.1) is 0 Å². The SMILES string of the molecule is CC[Si](CC)OC(C)c1ccccc1. The number of hydrogen-bond acceptors (Lipinski definition) is 1. The van der Waals surface area contributed by atoms with Crippen LogP contribution in [0.15, 0.2) is 30.3 Å². The summed E-state index contributed by atoms with van der Waals surface area (Å²) >= 11 is 0. The van der Waals surface area contributed by atoms with E-state index in [0.29, 0.717) is 0 Å². The van der Waals surface area contributed by atoms with Gasteiger partial charge in [0.25, 0.3) is 0 Å². The first-order valence-corrected chi connectivity index (χ1v) is 7.16. The van der Waals surface area contributed by atoms with Gasteiger partial charge in [-0.05, 0) is 24.6 Å². The molecule has 1 unspecified atom stereocenters. The summed E-state index contributed by atoms with van der Waals surface area (Å²) < 4.78 is 6.04. The molecular weight excluding hydrogens is 188 g/mol. The fourth-order valence-electron chi connectivity index (χ4n) is 1.46. The summed E-state index contributed by atoms with van der Waals surface area (Å²) in [6.07, 6.45) is 0.255. The van der Waals surface area contributed by atoms with E-state index < -0.39 is 9.04 Å². The Bertz CT molecular complexity index is 244. The largest absolute Gasteiger partial charge is 0.410 e. The number of benzene rings is 1. The van der Waals surface area contributed by atoms with Crippen molar-refractivity contribution in [2.24, 2.45) is 0 Å². The van der Waals surface area contributed by atoms with Gasteiger partial charge in [-0.3, -0.25) is 0 Å². The Morgan fingerprint density at radius 3 is 2.21 bits per heavy atom. The lowest BCUT2D eigenvalue weighted by atomic mass is 10.1. The van der Waals surface area contributed by atoms with E-state index in [1.807, 2.05) is 6.07 Å². The van der Waals surface area contributed by atoms with Crippen molar-refractivity contribution >= 4 is 9.04 Å². The van der Waals surface area contributed by atoms with Gasteiger partial charge in [0.15, 0.2) is 0 Å². The van der Waals surface area contributed by atoms with Gasteiger partial charge in [-0.25, -0.2) is 0 Å². The highest BCUT2D eigenvalue weighted by Crippen LogP contribution is 2.18. The molecule has 0 aliphatic carbocycles. The zero-order chi connectivity index (χ0) is 10.4. The second-order valence-electron chi connectivity index (χ2n) is 3.42. The van der Waals surface area contributed by atoms with Gasteiger partial charge in [-0.2, -0.15) is 0 Å². The summed E-state index contributed by atoms with van der Waals surface area (Å²) in [4.78, 5) is 0. The van der Waals surface area contributed by atoms with Crippen LogP contribution in [-0.4, -0.2) is 9.04 Å². The van der Waals surface area contributed by atoms with Crippen molar-refractivity contribution < 1.29 is 4.43 Å². The summed E-state index contributed by atoms with van der Waals surface area (Å²) in [5, 5.41) is 0. The van der Waals surface area contributed by atoms with Crippen LogP contribution in [0.1, 0.15) is 32.4 Å². The molecule has 1 nitrogen and oxygen atoms in total. The van der Waals surface area contributed by atoms with Crippen LogP contribution in [-0.2, 0) is 4.43 Å². The lowest BCUT2D eigenvalue weighted by Crippen LogP contribution is -2.17. The van der Waals surface area contributed by atoms with Crippen molar-refractivity contribution in [3.8, 4) is 0 Å². The molecule has 1 rings (SSSR count). The van der Waals surface area contributed by atoms with Gasteiger partial charge in [0.2, 0.25) is 9.04 Å². The molecule has 0 saturated heterocycles. The van der Waals surface area contributed by atoms with Gasteiger partial charge in [0.05, 0.1) is 6.10 Å². The second kappa shape index (κ2) is 5.99. The molecule has 0 heterocycles. The average molecular weight is 207 g/mol. The monoisotopic (exact) mass is 207 g/mol. The van der Waals surface area contributed by atoms with E-state index in [-0.39, 0.29) is 6.10 Å². The molecule has 1 aromatic rings. The molecular formula is C12H19OSi. The molecule has 1 aromatic carbocycles. The highest BCUT2D eigenvalue weighted by Gasteiger charge is 2.13. The maximum absolute atomic E-state index is 6.04. The fourth-order valence-corrected chi connectivity index (χ4v) is 2.93. The predicted molar refractivity (Wildman–Crippen MR) is 62.7 cm³/mol. The average Bonchev–Trinajstić information content (AvgIpc) is 2.26. The van der Waals surface area contributed by atoms with Crippen molar-refractivity contribution in [3.05, 3.63) is 35.9 Å². The van der Waals surface area contributed by atoms with Crippen LogP contribution < -0.4 is 0 Å². The minimum atomic E-state index is -0.570. The van der Waals surface area contributed by atoms with E-state index in [2.05, 4.69) is 45.0 Å². The summed E-state index contributed by atoms with van der Waals surface area (Å²) in [6, 6.07) is 12.8. The minimum Gasteiger partial charge on any atom is -0.410 e. The molecule has 0 bridgehead atoms. The van der Waals surface area contributed by atoms with Crippen molar-refractivity contribution in [3.63, 3.8) is 0 Å². The minimum absolute atomic E-state index is 0.255. The van der Waals surface area contributed by atoms with Crippen LogP contribution >= 0.6 is 0 Å². The molecule has 0 amide bonds. The molecule has 2 heteroatoms. The first kappa shape index (κ1) is 11.5. The first-order chi connectivity index (χ1) is 6.77. The van der Waals surface area contributed by atoms with Crippen LogP contribution in [0.4, 0.5) is 0 Å². The number of rotatable bonds is 5. The van der Waals surface area contributed by atoms with Crippen molar-refractivity contribution in [2.75, 3.05) is 0 Å². The summed E-state index contributed by atoms with van der Waals surface area (Å²) in [6.45, 7) is 6.58. The third kappa shape index (κ3) is 3.27. The lowest BCUT2D eigenvalue weighted by Gasteiger charge is -2.18. The zero-order valence-electron chi connectivity index (χ0n) is 9.29.